The molecule has 1 aromatic carbocycles. The van der Waals surface area contributed by atoms with Gasteiger partial charge in [0.05, 0.1) is 0 Å². The molecule has 2 heterocycles. The second-order valence-corrected chi connectivity index (χ2v) is 8.72. The van der Waals surface area contributed by atoms with Gasteiger partial charge in [-0.2, -0.15) is 0 Å². The molecule has 2 fully saturated rings. The van der Waals surface area contributed by atoms with Crippen molar-refractivity contribution < 1.29 is 9.53 Å². The molecule has 0 unspecified atom stereocenters. The normalized spacial score (nSPS) is 20.3. The van der Waals surface area contributed by atoms with Crippen LogP contribution < -0.4 is 4.90 Å². The monoisotopic (exact) mass is 380 g/mol. The molecule has 0 bridgehead atoms. The van der Waals surface area contributed by atoms with E-state index in [1.165, 1.54) is 5.69 Å². The van der Waals surface area contributed by atoms with E-state index in [-0.39, 0.29) is 6.09 Å². The Labute approximate surface area is 146 Å². The molecule has 3 rings (SSSR count). The smallest absolute Gasteiger partial charge is 0.410 e. The molecule has 23 heavy (non-hydrogen) atoms. The Morgan fingerprint density at radius 2 is 1.70 bits per heavy atom. The fourth-order valence-electron chi connectivity index (χ4n) is 3.40. The summed E-state index contributed by atoms with van der Waals surface area (Å²) in [4.78, 5) is 16.4. The average Bonchev–Trinajstić information content (AvgIpc) is 2.44. The van der Waals surface area contributed by atoms with Crippen LogP contribution in [0.25, 0.3) is 0 Å². The molecule has 5 heteroatoms. The summed E-state index contributed by atoms with van der Waals surface area (Å²) in [6.45, 7) is 9.55. The van der Waals surface area contributed by atoms with Crippen molar-refractivity contribution in [3.05, 3.63) is 28.7 Å². The quantitative estimate of drug-likeness (QED) is 0.728. The Hall–Kier alpha value is -1.23. The van der Waals surface area contributed by atoms with E-state index in [1.54, 1.807) is 0 Å². The number of hydrogen-bond donors (Lipinski definition) is 0. The maximum atomic E-state index is 12.1. The minimum atomic E-state index is -0.416. The van der Waals surface area contributed by atoms with Crippen LogP contribution in [-0.4, -0.2) is 42.8 Å². The molecule has 0 saturated carbocycles. The van der Waals surface area contributed by atoms with Crippen LogP contribution in [0.15, 0.2) is 28.7 Å². The lowest BCUT2D eigenvalue weighted by Crippen LogP contribution is -2.61. The first-order valence-corrected chi connectivity index (χ1v) is 9.04. The highest BCUT2D eigenvalue weighted by molar-refractivity contribution is 9.10. The van der Waals surface area contributed by atoms with Crippen LogP contribution in [0.2, 0.25) is 0 Å². The van der Waals surface area contributed by atoms with E-state index in [0.717, 1.165) is 43.5 Å². The van der Waals surface area contributed by atoms with Crippen LogP contribution in [0.3, 0.4) is 0 Å². The van der Waals surface area contributed by atoms with Crippen LogP contribution in [-0.2, 0) is 4.74 Å². The lowest BCUT2D eigenvalue weighted by Gasteiger charge is -2.55. The van der Waals surface area contributed by atoms with Crippen LogP contribution in [0, 0.1) is 5.41 Å². The molecule has 0 N–H and O–H groups in total. The van der Waals surface area contributed by atoms with Gasteiger partial charge in [0.25, 0.3) is 0 Å². The molecule has 4 nitrogen and oxygen atoms in total. The number of halogens is 1. The lowest BCUT2D eigenvalue weighted by atomic mass is 9.72. The summed E-state index contributed by atoms with van der Waals surface area (Å²) in [5.74, 6) is 0. The van der Waals surface area contributed by atoms with Crippen molar-refractivity contribution in [1.29, 1.82) is 0 Å². The second-order valence-electron chi connectivity index (χ2n) is 7.80. The van der Waals surface area contributed by atoms with Crippen molar-refractivity contribution in [1.82, 2.24) is 4.90 Å². The molecule has 0 aromatic heterocycles. The van der Waals surface area contributed by atoms with Crippen LogP contribution >= 0.6 is 15.9 Å². The Balaban J connectivity index is 1.50. The minimum absolute atomic E-state index is 0.170. The van der Waals surface area contributed by atoms with E-state index >= 15 is 0 Å². The predicted octanol–water partition coefficient (Wildman–Crippen LogP) is 4.29. The summed E-state index contributed by atoms with van der Waals surface area (Å²) >= 11 is 3.48. The zero-order valence-electron chi connectivity index (χ0n) is 14.1. The topological polar surface area (TPSA) is 32.8 Å². The van der Waals surface area contributed by atoms with Crippen molar-refractivity contribution in [3.8, 4) is 0 Å². The average molecular weight is 381 g/mol. The van der Waals surface area contributed by atoms with Crippen molar-refractivity contribution in [2.45, 2.75) is 39.2 Å². The summed E-state index contributed by atoms with van der Waals surface area (Å²) in [7, 11) is 0. The number of amides is 1. The fraction of sp³-hybridized carbons (Fsp3) is 0.611. The minimum Gasteiger partial charge on any atom is -0.444 e. The zero-order valence-corrected chi connectivity index (χ0v) is 15.7. The number of benzene rings is 1. The summed E-state index contributed by atoms with van der Waals surface area (Å²) in [6.07, 6.45) is 1.97. The third-order valence-electron chi connectivity index (χ3n) is 4.72. The first-order chi connectivity index (χ1) is 10.8. The summed E-state index contributed by atoms with van der Waals surface area (Å²) < 4.78 is 6.58. The first-order valence-electron chi connectivity index (χ1n) is 8.25. The number of rotatable bonds is 1. The SMILES string of the molecule is CC(C)(C)OC(=O)N1CCC2(CC1)CN(c1ccc(Br)cc1)C2. The lowest BCUT2D eigenvalue weighted by molar-refractivity contribution is 0.00598. The van der Waals surface area contributed by atoms with Crippen LogP contribution in [0.5, 0.6) is 0 Å². The third-order valence-corrected chi connectivity index (χ3v) is 5.25. The van der Waals surface area contributed by atoms with E-state index in [1.807, 2.05) is 25.7 Å². The molecule has 1 amide bonds. The van der Waals surface area contributed by atoms with Gasteiger partial charge in [-0.1, -0.05) is 15.9 Å². The summed E-state index contributed by atoms with van der Waals surface area (Å²) in [5, 5.41) is 0. The second kappa shape index (κ2) is 6.00. The number of likely N-dealkylation sites (tertiary alicyclic amines) is 1. The van der Waals surface area contributed by atoms with E-state index in [9.17, 15) is 4.79 Å². The Morgan fingerprint density at radius 1 is 1.13 bits per heavy atom. The number of nitrogens with zero attached hydrogens (tertiary/aromatic N) is 2. The molecule has 0 aliphatic carbocycles. The van der Waals surface area contributed by atoms with E-state index in [2.05, 4.69) is 45.1 Å². The van der Waals surface area contributed by atoms with E-state index in [0.29, 0.717) is 5.41 Å². The maximum absolute atomic E-state index is 12.1. The number of anilines is 1. The Bertz CT molecular complexity index is 564. The van der Waals surface area contributed by atoms with Crippen molar-refractivity contribution in [2.24, 2.45) is 5.41 Å². The van der Waals surface area contributed by atoms with Crippen LogP contribution in [0.4, 0.5) is 10.5 Å². The third kappa shape index (κ3) is 3.82. The highest BCUT2D eigenvalue weighted by Gasteiger charge is 2.45. The fourth-order valence-corrected chi connectivity index (χ4v) is 3.67. The Morgan fingerprint density at radius 3 is 2.22 bits per heavy atom. The summed E-state index contributed by atoms with van der Waals surface area (Å²) in [5.41, 5.74) is 1.25. The van der Waals surface area contributed by atoms with Gasteiger partial charge in [-0.25, -0.2) is 4.79 Å². The number of piperidine rings is 1. The Kier molecular flexibility index (Phi) is 4.34. The number of carbonyl (C=O) groups excluding carboxylic acids is 1. The zero-order chi connectivity index (χ0) is 16.7. The molecule has 2 saturated heterocycles. The van der Waals surface area contributed by atoms with Gasteiger partial charge < -0.3 is 14.5 Å². The van der Waals surface area contributed by atoms with Gasteiger partial charge in [0.1, 0.15) is 5.60 Å². The van der Waals surface area contributed by atoms with E-state index in [4.69, 9.17) is 4.74 Å². The highest BCUT2D eigenvalue weighted by Crippen LogP contribution is 2.42. The number of ether oxygens (including phenoxy) is 1. The van der Waals surface area contributed by atoms with Gasteiger partial charge in [0.2, 0.25) is 0 Å². The molecule has 0 atom stereocenters. The highest BCUT2D eigenvalue weighted by atomic mass is 79.9. The molecule has 2 aliphatic rings. The molecule has 2 aliphatic heterocycles. The van der Waals surface area contributed by atoms with Gasteiger partial charge in [-0.15, -0.1) is 0 Å². The van der Waals surface area contributed by atoms with Gasteiger partial charge in [-0.3, -0.25) is 0 Å². The van der Waals surface area contributed by atoms with Crippen molar-refractivity contribution in [2.75, 3.05) is 31.1 Å². The van der Waals surface area contributed by atoms with Gasteiger partial charge in [-0.05, 0) is 57.9 Å². The van der Waals surface area contributed by atoms with Gasteiger partial charge in [0.15, 0.2) is 0 Å². The van der Waals surface area contributed by atoms with Gasteiger partial charge in [0, 0.05) is 41.8 Å². The van der Waals surface area contributed by atoms with Gasteiger partial charge >= 0.3 is 6.09 Å². The maximum Gasteiger partial charge on any atom is 0.410 e. The molecule has 126 valence electrons. The molecular weight excluding hydrogens is 356 g/mol. The molecule has 1 aromatic rings. The van der Waals surface area contributed by atoms with Crippen molar-refractivity contribution in [3.63, 3.8) is 0 Å². The predicted molar refractivity (Wildman–Crippen MR) is 95.8 cm³/mol. The van der Waals surface area contributed by atoms with E-state index < -0.39 is 5.60 Å². The largest absolute Gasteiger partial charge is 0.444 e. The van der Waals surface area contributed by atoms with Crippen molar-refractivity contribution >= 4 is 27.7 Å². The molecular formula is C18H25BrN2O2. The summed E-state index contributed by atoms with van der Waals surface area (Å²) in [6, 6.07) is 8.50. The number of hydrogen-bond acceptors (Lipinski definition) is 3. The first kappa shape index (κ1) is 16.6. The number of carbonyl (C=O) groups is 1. The standard InChI is InChI=1S/C18H25BrN2O2/c1-17(2,3)23-16(22)20-10-8-18(9-11-20)12-21(13-18)15-6-4-14(19)5-7-15/h4-7H,8-13H2,1-3H3. The molecule has 0 radical (unpaired) electrons. The van der Waals surface area contributed by atoms with Crippen LogP contribution in [0.1, 0.15) is 33.6 Å². The molecule has 1 spiro atoms.